The number of ether oxygens (including phenoxy) is 1. The average molecular weight is 265 g/mol. The van der Waals surface area contributed by atoms with Crippen molar-refractivity contribution in [2.24, 2.45) is 0 Å². The Hall–Kier alpha value is -0.833. The highest BCUT2D eigenvalue weighted by Gasteiger charge is 2.07. The minimum Gasteiger partial charge on any atom is -0.475 e. The van der Waals surface area contributed by atoms with Gasteiger partial charge >= 0.3 is 0 Å². The van der Waals surface area contributed by atoms with E-state index < -0.39 is 8.80 Å². The van der Waals surface area contributed by atoms with Gasteiger partial charge in [-0.25, -0.2) is 4.98 Å². The highest BCUT2D eigenvalue weighted by Crippen LogP contribution is 2.11. The van der Waals surface area contributed by atoms with Crippen LogP contribution in [0.1, 0.15) is 46.0 Å². The molecule has 1 atom stereocenters. The van der Waals surface area contributed by atoms with Crippen molar-refractivity contribution in [2.75, 3.05) is 0 Å². The van der Waals surface area contributed by atoms with Crippen LogP contribution in [0.3, 0.4) is 0 Å². The lowest BCUT2D eigenvalue weighted by atomic mass is 10.1. The molecule has 0 saturated heterocycles. The summed E-state index contributed by atoms with van der Waals surface area (Å²) in [5.41, 5.74) is 0. The smallest absolute Gasteiger partial charge is 0.213 e. The third kappa shape index (κ3) is 5.67. The molecule has 0 saturated carbocycles. The normalized spacial score (nSPS) is 12.7. The summed E-state index contributed by atoms with van der Waals surface area (Å²) in [6.45, 7) is 8.97. The molecular formula is C15H27NOSi. The van der Waals surface area contributed by atoms with Crippen molar-refractivity contribution in [3.05, 3.63) is 18.2 Å². The van der Waals surface area contributed by atoms with Gasteiger partial charge in [0.25, 0.3) is 0 Å². The van der Waals surface area contributed by atoms with Gasteiger partial charge < -0.3 is 4.74 Å². The summed E-state index contributed by atoms with van der Waals surface area (Å²) in [6, 6.07) is 6.16. The molecule has 0 spiro atoms. The molecule has 0 aliphatic carbocycles. The summed E-state index contributed by atoms with van der Waals surface area (Å²) >= 11 is 0. The van der Waals surface area contributed by atoms with E-state index in [-0.39, 0.29) is 6.10 Å². The third-order valence-corrected chi connectivity index (χ3v) is 4.63. The Labute approximate surface area is 113 Å². The number of nitrogens with zero attached hydrogens (tertiary/aromatic N) is 1. The molecule has 1 rings (SSSR count). The molecule has 3 heteroatoms. The van der Waals surface area contributed by atoms with Gasteiger partial charge in [-0.2, -0.15) is 0 Å². The fourth-order valence-corrected chi connectivity index (χ4v) is 2.82. The molecule has 0 fully saturated rings. The van der Waals surface area contributed by atoms with Crippen molar-refractivity contribution >= 4 is 14.1 Å². The van der Waals surface area contributed by atoms with Crippen molar-refractivity contribution in [1.82, 2.24) is 4.98 Å². The Morgan fingerprint density at radius 3 is 2.67 bits per heavy atom. The zero-order valence-electron chi connectivity index (χ0n) is 12.3. The Balaban J connectivity index is 2.39. The molecule has 2 nitrogen and oxygen atoms in total. The van der Waals surface area contributed by atoms with Gasteiger partial charge in [-0.1, -0.05) is 45.3 Å². The minimum absolute atomic E-state index is 0.276. The second kappa shape index (κ2) is 8.30. The maximum atomic E-state index is 5.90. The lowest BCUT2D eigenvalue weighted by Gasteiger charge is -2.14. The quantitative estimate of drug-likeness (QED) is 0.530. The van der Waals surface area contributed by atoms with E-state index >= 15 is 0 Å². The van der Waals surface area contributed by atoms with E-state index in [4.69, 9.17) is 4.74 Å². The predicted octanol–water partition coefficient (Wildman–Crippen LogP) is 3.51. The van der Waals surface area contributed by atoms with Crippen molar-refractivity contribution in [3.8, 4) is 5.88 Å². The summed E-state index contributed by atoms with van der Waals surface area (Å²) < 4.78 is 5.90. The Bertz CT molecular complexity index is 341. The summed E-state index contributed by atoms with van der Waals surface area (Å²) in [6.07, 6.45) is 6.60. The van der Waals surface area contributed by atoms with Gasteiger partial charge in [-0.3, -0.25) is 0 Å². The first kappa shape index (κ1) is 15.2. The van der Waals surface area contributed by atoms with Gasteiger partial charge in [0.2, 0.25) is 5.88 Å². The standard InChI is InChI=1S/C15H27NOSi/c1-5-6-7-8-10-13(2)17-14-11-9-12-15(16-14)18(3)4/h9,11-13,18H,5-8,10H2,1-4H3. The van der Waals surface area contributed by atoms with E-state index in [1.54, 1.807) is 0 Å². The van der Waals surface area contributed by atoms with Crippen LogP contribution in [0.4, 0.5) is 0 Å². The van der Waals surface area contributed by atoms with E-state index in [0.717, 1.165) is 12.3 Å². The van der Waals surface area contributed by atoms with Gasteiger partial charge in [0, 0.05) is 11.4 Å². The monoisotopic (exact) mass is 265 g/mol. The largest absolute Gasteiger partial charge is 0.475 e. The Kier molecular flexibility index (Phi) is 7.02. The first-order valence-electron chi connectivity index (χ1n) is 7.27. The molecule has 0 N–H and O–H groups in total. The summed E-state index contributed by atoms with van der Waals surface area (Å²) in [5.74, 6) is 0.802. The molecule has 1 aromatic rings. The second-order valence-electron chi connectivity index (χ2n) is 5.33. The first-order valence-corrected chi connectivity index (χ1v) is 10.2. The van der Waals surface area contributed by atoms with Gasteiger partial charge in [-0.05, 0) is 25.8 Å². The summed E-state index contributed by atoms with van der Waals surface area (Å²) in [4.78, 5) is 4.60. The zero-order valence-corrected chi connectivity index (χ0v) is 13.4. The van der Waals surface area contributed by atoms with Crippen LogP contribution in [-0.4, -0.2) is 19.9 Å². The summed E-state index contributed by atoms with van der Waals surface area (Å²) in [5, 5.41) is 1.24. The highest BCUT2D eigenvalue weighted by molar-refractivity contribution is 6.69. The molecule has 0 aromatic carbocycles. The molecule has 0 aliphatic heterocycles. The van der Waals surface area contributed by atoms with Crippen LogP contribution in [0.15, 0.2) is 18.2 Å². The Morgan fingerprint density at radius 1 is 1.22 bits per heavy atom. The van der Waals surface area contributed by atoms with Gasteiger partial charge in [-0.15, -0.1) is 0 Å². The fourth-order valence-electron chi connectivity index (χ4n) is 1.94. The van der Waals surface area contributed by atoms with Crippen molar-refractivity contribution in [1.29, 1.82) is 0 Å². The van der Waals surface area contributed by atoms with E-state index in [1.165, 1.54) is 31.0 Å². The number of aromatic nitrogens is 1. The van der Waals surface area contributed by atoms with Crippen molar-refractivity contribution < 1.29 is 4.74 Å². The lowest BCUT2D eigenvalue weighted by molar-refractivity contribution is 0.198. The van der Waals surface area contributed by atoms with E-state index in [2.05, 4.69) is 44.1 Å². The number of pyridine rings is 1. The van der Waals surface area contributed by atoms with Crippen molar-refractivity contribution in [2.45, 2.75) is 65.1 Å². The van der Waals surface area contributed by atoms with Crippen molar-refractivity contribution in [3.63, 3.8) is 0 Å². The molecule has 1 aromatic heterocycles. The maximum absolute atomic E-state index is 5.90. The van der Waals surface area contributed by atoms with Crippen LogP contribution < -0.4 is 10.1 Å². The second-order valence-corrected chi connectivity index (χ2v) is 8.23. The minimum atomic E-state index is -0.825. The molecule has 0 aliphatic rings. The average Bonchev–Trinajstić information content (AvgIpc) is 2.35. The molecule has 1 heterocycles. The molecule has 0 amide bonds. The third-order valence-electron chi connectivity index (χ3n) is 3.12. The van der Waals surface area contributed by atoms with Crippen LogP contribution in [0.25, 0.3) is 0 Å². The van der Waals surface area contributed by atoms with E-state index in [9.17, 15) is 0 Å². The molecule has 18 heavy (non-hydrogen) atoms. The van der Waals surface area contributed by atoms with Crippen LogP contribution in [0.2, 0.25) is 13.1 Å². The number of hydrogen-bond donors (Lipinski definition) is 0. The van der Waals surface area contributed by atoms with Gasteiger partial charge in [0.1, 0.15) is 0 Å². The Morgan fingerprint density at radius 2 is 2.00 bits per heavy atom. The number of unbranched alkanes of at least 4 members (excludes halogenated alkanes) is 3. The topological polar surface area (TPSA) is 22.1 Å². The molecule has 0 bridgehead atoms. The molecule has 0 radical (unpaired) electrons. The van der Waals surface area contributed by atoms with Crippen LogP contribution >= 0.6 is 0 Å². The molecular weight excluding hydrogens is 238 g/mol. The van der Waals surface area contributed by atoms with E-state index in [0.29, 0.717) is 0 Å². The molecule has 1 unspecified atom stereocenters. The lowest BCUT2D eigenvalue weighted by Crippen LogP contribution is -2.26. The van der Waals surface area contributed by atoms with Crippen LogP contribution in [-0.2, 0) is 0 Å². The van der Waals surface area contributed by atoms with Crippen LogP contribution in [0, 0.1) is 0 Å². The number of rotatable bonds is 8. The fraction of sp³-hybridized carbons (Fsp3) is 0.667. The first-order chi connectivity index (χ1) is 8.63. The number of hydrogen-bond acceptors (Lipinski definition) is 2. The van der Waals surface area contributed by atoms with Gasteiger partial charge in [0.15, 0.2) is 0 Å². The highest BCUT2D eigenvalue weighted by atomic mass is 28.3. The zero-order chi connectivity index (χ0) is 13.4. The van der Waals surface area contributed by atoms with Crippen LogP contribution in [0.5, 0.6) is 5.88 Å². The van der Waals surface area contributed by atoms with Gasteiger partial charge in [0.05, 0.1) is 14.9 Å². The summed E-state index contributed by atoms with van der Waals surface area (Å²) in [7, 11) is -0.825. The molecule has 102 valence electrons. The predicted molar refractivity (Wildman–Crippen MR) is 81.6 cm³/mol. The maximum Gasteiger partial charge on any atom is 0.213 e. The van der Waals surface area contributed by atoms with E-state index in [1.807, 2.05) is 6.07 Å². The SMILES string of the molecule is CCCCCCC(C)Oc1cccc([SiH](C)C)n1.